The van der Waals surface area contributed by atoms with Crippen LogP contribution < -0.4 is 5.73 Å². The normalized spacial score (nSPS) is 10.8. The second-order valence-electron chi connectivity index (χ2n) is 3.45. The first-order valence-electron chi connectivity index (χ1n) is 4.90. The Labute approximate surface area is 91.7 Å². The number of aromatic nitrogens is 2. The monoisotopic (exact) mass is 211 g/mol. The van der Waals surface area contributed by atoms with Gasteiger partial charge in [0.2, 0.25) is 0 Å². The van der Waals surface area contributed by atoms with Crippen molar-refractivity contribution in [2.75, 3.05) is 5.73 Å². The maximum atomic E-state index is 5.85. The van der Waals surface area contributed by atoms with Crippen LogP contribution in [0.25, 0.3) is 22.5 Å². The summed E-state index contributed by atoms with van der Waals surface area (Å²) in [6.45, 7) is 0. The van der Waals surface area contributed by atoms with E-state index in [2.05, 4.69) is 9.97 Å². The van der Waals surface area contributed by atoms with Crippen molar-refractivity contribution in [3.05, 3.63) is 42.8 Å². The van der Waals surface area contributed by atoms with Crippen LogP contribution in [-0.2, 0) is 0 Å². The quantitative estimate of drug-likeness (QED) is 0.628. The number of nitrogens with two attached hydrogens (primary N) is 1. The Bertz CT molecular complexity index is 632. The van der Waals surface area contributed by atoms with E-state index in [4.69, 9.17) is 10.2 Å². The topological polar surface area (TPSA) is 64.9 Å². The predicted octanol–water partition coefficient (Wildman–Crippen LogP) is 2.47. The molecule has 78 valence electrons. The first-order chi connectivity index (χ1) is 7.84. The summed E-state index contributed by atoms with van der Waals surface area (Å²) in [5.41, 5.74) is 8.65. The average molecular weight is 211 g/mol. The molecule has 0 atom stereocenters. The van der Waals surface area contributed by atoms with Crippen molar-refractivity contribution in [3.63, 3.8) is 0 Å². The van der Waals surface area contributed by atoms with Gasteiger partial charge < -0.3 is 10.2 Å². The molecule has 16 heavy (non-hydrogen) atoms. The standard InChI is InChI=1S/C12H9N3O/c13-8-3-1-4-9-12(8)15-10(7-14-9)11-5-2-6-16-11/h1-7H,13H2. The third-order valence-corrected chi connectivity index (χ3v) is 2.38. The molecule has 0 radical (unpaired) electrons. The minimum Gasteiger partial charge on any atom is -0.463 e. The molecule has 2 aromatic heterocycles. The minimum absolute atomic E-state index is 0.624. The van der Waals surface area contributed by atoms with Gasteiger partial charge in [0.05, 0.1) is 23.7 Å². The Hall–Kier alpha value is -2.36. The van der Waals surface area contributed by atoms with Crippen molar-refractivity contribution < 1.29 is 4.42 Å². The number of rotatable bonds is 1. The molecule has 0 saturated carbocycles. The van der Waals surface area contributed by atoms with Crippen molar-refractivity contribution >= 4 is 16.7 Å². The second kappa shape index (κ2) is 3.34. The minimum atomic E-state index is 0.624. The number of anilines is 1. The van der Waals surface area contributed by atoms with Gasteiger partial charge in [-0.1, -0.05) is 6.07 Å². The summed E-state index contributed by atoms with van der Waals surface area (Å²) in [5, 5.41) is 0. The Morgan fingerprint density at radius 3 is 2.88 bits per heavy atom. The first-order valence-corrected chi connectivity index (χ1v) is 4.90. The summed E-state index contributed by atoms with van der Waals surface area (Å²) in [7, 11) is 0. The molecular weight excluding hydrogens is 202 g/mol. The number of nitrogens with zero attached hydrogens (tertiary/aromatic N) is 2. The van der Waals surface area contributed by atoms with Gasteiger partial charge in [0.15, 0.2) is 5.76 Å². The number of hydrogen-bond acceptors (Lipinski definition) is 4. The first kappa shape index (κ1) is 8.91. The van der Waals surface area contributed by atoms with E-state index >= 15 is 0 Å². The van der Waals surface area contributed by atoms with Crippen LogP contribution in [0, 0.1) is 0 Å². The summed E-state index contributed by atoms with van der Waals surface area (Å²) >= 11 is 0. The molecule has 2 N–H and O–H groups in total. The summed E-state index contributed by atoms with van der Waals surface area (Å²) in [6, 6.07) is 9.21. The van der Waals surface area contributed by atoms with Gasteiger partial charge in [-0.15, -0.1) is 0 Å². The Balaban J connectivity index is 2.27. The third-order valence-electron chi connectivity index (χ3n) is 2.38. The van der Waals surface area contributed by atoms with Gasteiger partial charge in [-0.25, -0.2) is 4.98 Å². The fraction of sp³-hybridized carbons (Fsp3) is 0. The Morgan fingerprint density at radius 2 is 2.06 bits per heavy atom. The summed E-state index contributed by atoms with van der Waals surface area (Å²) in [5.74, 6) is 0.692. The number of hydrogen-bond donors (Lipinski definition) is 1. The number of para-hydroxylation sites is 1. The molecule has 0 spiro atoms. The lowest BCUT2D eigenvalue weighted by atomic mass is 10.2. The SMILES string of the molecule is Nc1cccc2ncc(-c3ccco3)nc12. The average Bonchev–Trinajstić information content (AvgIpc) is 2.83. The molecule has 3 rings (SSSR count). The Morgan fingerprint density at radius 1 is 1.12 bits per heavy atom. The number of nitrogen functional groups attached to an aromatic ring is 1. The zero-order valence-electron chi connectivity index (χ0n) is 8.42. The van der Waals surface area contributed by atoms with Crippen LogP contribution in [0.3, 0.4) is 0 Å². The summed E-state index contributed by atoms with van der Waals surface area (Å²) in [4.78, 5) is 8.73. The lowest BCUT2D eigenvalue weighted by Gasteiger charge is -2.01. The highest BCUT2D eigenvalue weighted by atomic mass is 16.3. The van der Waals surface area contributed by atoms with Crippen molar-refractivity contribution in [3.8, 4) is 11.5 Å². The largest absolute Gasteiger partial charge is 0.463 e. The maximum absolute atomic E-state index is 5.85. The van der Waals surface area contributed by atoms with Crippen LogP contribution in [0.4, 0.5) is 5.69 Å². The molecule has 4 nitrogen and oxygen atoms in total. The van der Waals surface area contributed by atoms with Gasteiger partial charge in [0, 0.05) is 0 Å². The second-order valence-corrected chi connectivity index (χ2v) is 3.45. The van der Waals surface area contributed by atoms with Crippen LogP contribution in [0.1, 0.15) is 0 Å². The van der Waals surface area contributed by atoms with E-state index in [-0.39, 0.29) is 0 Å². The molecule has 0 fully saturated rings. The highest BCUT2D eigenvalue weighted by Crippen LogP contribution is 2.22. The molecule has 0 aliphatic carbocycles. The fourth-order valence-electron chi connectivity index (χ4n) is 1.60. The van der Waals surface area contributed by atoms with Crippen LogP contribution in [0.15, 0.2) is 47.2 Å². The van der Waals surface area contributed by atoms with E-state index < -0.39 is 0 Å². The van der Waals surface area contributed by atoms with Crippen molar-refractivity contribution in [1.82, 2.24) is 9.97 Å². The van der Waals surface area contributed by atoms with Gasteiger partial charge >= 0.3 is 0 Å². The lowest BCUT2D eigenvalue weighted by molar-refractivity contribution is 0.580. The molecule has 0 saturated heterocycles. The zero-order chi connectivity index (χ0) is 11.0. The third kappa shape index (κ3) is 1.32. The predicted molar refractivity (Wildman–Crippen MR) is 61.7 cm³/mol. The van der Waals surface area contributed by atoms with Crippen LogP contribution >= 0.6 is 0 Å². The molecular formula is C12H9N3O. The van der Waals surface area contributed by atoms with Crippen molar-refractivity contribution in [2.24, 2.45) is 0 Å². The number of furan rings is 1. The van der Waals surface area contributed by atoms with E-state index in [9.17, 15) is 0 Å². The van der Waals surface area contributed by atoms with Crippen molar-refractivity contribution in [1.29, 1.82) is 0 Å². The molecule has 3 aromatic rings. The molecule has 0 aliphatic rings. The molecule has 0 aliphatic heterocycles. The molecule has 2 heterocycles. The van der Waals surface area contributed by atoms with E-state index in [1.54, 1.807) is 12.5 Å². The van der Waals surface area contributed by atoms with Gasteiger partial charge in [-0.2, -0.15) is 0 Å². The highest BCUT2D eigenvalue weighted by molar-refractivity contribution is 5.87. The molecule has 0 amide bonds. The van der Waals surface area contributed by atoms with Gasteiger partial charge in [0.25, 0.3) is 0 Å². The maximum Gasteiger partial charge on any atom is 0.153 e. The zero-order valence-corrected chi connectivity index (χ0v) is 8.42. The van der Waals surface area contributed by atoms with Gasteiger partial charge in [0.1, 0.15) is 11.2 Å². The Kier molecular flexibility index (Phi) is 1.86. The molecule has 0 bridgehead atoms. The van der Waals surface area contributed by atoms with Crippen LogP contribution in [0.2, 0.25) is 0 Å². The fourth-order valence-corrected chi connectivity index (χ4v) is 1.60. The smallest absolute Gasteiger partial charge is 0.153 e. The van der Waals surface area contributed by atoms with E-state index in [0.29, 0.717) is 22.7 Å². The summed E-state index contributed by atoms with van der Waals surface area (Å²) < 4.78 is 5.27. The molecule has 0 unspecified atom stereocenters. The highest BCUT2D eigenvalue weighted by Gasteiger charge is 2.06. The van der Waals surface area contributed by atoms with Crippen molar-refractivity contribution in [2.45, 2.75) is 0 Å². The lowest BCUT2D eigenvalue weighted by Crippen LogP contribution is -1.92. The van der Waals surface area contributed by atoms with E-state index in [0.717, 1.165) is 5.52 Å². The van der Waals surface area contributed by atoms with Gasteiger partial charge in [-0.05, 0) is 24.3 Å². The van der Waals surface area contributed by atoms with Crippen LogP contribution in [0.5, 0.6) is 0 Å². The summed E-state index contributed by atoms with van der Waals surface area (Å²) in [6.07, 6.45) is 3.29. The molecule has 4 heteroatoms. The van der Waals surface area contributed by atoms with E-state index in [1.165, 1.54) is 0 Å². The number of benzene rings is 1. The van der Waals surface area contributed by atoms with E-state index in [1.807, 2.05) is 30.3 Å². The molecule has 1 aromatic carbocycles. The van der Waals surface area contributed by atoms with Crippen LogP contribution in [-0.4, -0.2) is 9.97 Å². The van der Waals surface area contributed by atoms with Gasteiger partial charge in [-0.3, -0.25) is 4.98 Å². The number of fused-ring (bicyclic) bond motifs is 1.